The van der Waals surface area contributed by atoms with Crippen molar-refractivity contribution in [3.8, 4) is 0 Å². The number of halogens is 4. The normalized spacial score (nSPS) is 19.0. The molecule has 1 aliphatic rings. The van der Waals surface area contributed by atoms with E-state index < -0.39 is 17.6 Å². The largest absolute Gasteiger partial charge is 0.481 e. The molecule has 0 saturated heterocycles. The molecule has 2 nitrogen and oxygen atoms in total. The number of aliphatic imine (C=N–C) groups is 1. The van der Waals surface area contributed by atoms with E-state index in [4.69, 9.17) is 4.74 Å². The van der Waals surface area contributed by atoms with Crippen LogP contribution in [0, 0.1) is 5.82 Å². The van der Waals surface area contributed by atoms with E-state index in [9.17, 15) is 17.6 Å². The van der Waals surface area contributed by atoms with Crippen LogP contribution in [-0.2, 0) is 17.3 Å². The lowest BCUT2D eigenvalue weighted by atomic mass is 10.0. The standard InChI is InChI=1S/C12H11F4NO/c13-11-4-2-8(5-10(11)12(14,15)16)1-3-9-6-18-7-17-9/h2,4-5,7,9H,1,3,6H2. The quantitative estimate of drug-likeness (QED) is 0.766. The summed E-state index contributed by atoms with van der Waals surface area (Å²) in [6.45, 7) is 0.452. The van der Waals surface area contributed by atoms with Gasteiger partial charge < -0.3 is 4.74 Å². The van der Waals surface area contributed by atoms with Crippen molar-refractivity contribution in [2.45, 2.75) is 25.1 Å². The van der Waals surface area contributed by atoms with E-state index in [-0.39, 0.29) is 6.04 Å². The summed E-state index contributed by atoms with van der Waals surface area (Å²) in [5.41, 5.74) is -0.767. The van der Waals surface area contributed by atoms with E-state index in [1.54, 1.807) is 0 Å². The summed E-state index contributed by atoms with van der Waals surface area (Å²) < 4.78 is 55.4. The summed E-state index contributed by atoms with van der Waals surface area (Å²) in [4.78, 5) is 4.00. The van der Waals surface area contributed by atoms with E-state index in [2.05, 4.69) is 4.99 Å². The predicted molar refractivity (Wildman–Crippen MR) is 58.0 cm³/mol. The highest BCUT2D eigenvalue weighted by molar-refractivity contribution is 5.48. The summed E-state index contributed by atoms with van der Waals surface area (Å²) in [6, 6.07) is 3.05. The molecule has 0 radical (unpaired) electrons. The van der Waals surface area contributed by atoms with E-state index in [1.807, 2.05) is 0 Å². The highest BCUT2D eigenvalue weighted by Crippen LogP contribution is 2.32. The lowest BCUT2D eigenvalue weighted by molar-refractivity contribution is -0.140. The highest BCUT2D eigenvalue weighted by Gasteiger charge is 2.34. The van der Waals surface area contributed by atoms with Gasteiger partial charge in [0.05, 0.1) is 11.6 Å². The Balaban J connectivity index is 2.07. The van der Waals surface area contributed by atoms with E-state index in [1.165, 1.54) is 12.5 Å². The molecule has 0 N–H and O–H groups in total. The molecule has 0 saturated carbocycles. The maximum Gasteiger partial charge on any atom is 0.419 e. The predicted octanol–water partition coefficient (Wildman–Crippen LogP) is 3.20. The number of aryl methyl sites for hydroxylation is 1. The highest BCUT2D eigenvalue weighted by atomic mass is 19.4. The van der Waals surface area contributed by atoms with Gasteiger partial charge in [0.25, 0.3) is 0 Å². The first-order valence-corrected chi connectivity index (χ1v) is 5.45. The zero-order valence-corrected chi connectivity index (χ0v) is 9.38. The molecule has 1 unspecified atom stereocenters. The maximum atomic E-state index is 13.0. The number of nitrogens with zero attached hydrogens (tertiary/aromatic N) is 1. The van der Waals surface area contributed by atoms with Gasteiger partial charge in [-0.25, -0.2) is 4.39 Å². The molecule has 2 rings (SSSR count). The third-order valence-electron chi connectivity index (χ3n) is 2.74. The molecule has 0 aliphatic carbocycles. The number of hydrogen-bond donors (Lipinski definition) is 0. The lowest BCUT2D eigenvalue weighted by Crippen LogP contribution is -2.10. The van der Waals surface area contributed by atoms with Crippen molar-refractivity contribution in [1.82, 2.24) is 0 Å². The molecule has 0 spiro atoms. The molecule has 0 aromatic heterocycles. The Hall–Kier alpha value is -1.59. The first-order valence-electron chi connectivity index (χ1n) is 5.45. The van der Waals surface area contributed by atoms with Gasteiger partial charge in [0.1, 0.15) is 12.4 Å². The van der Waals surface area contributed by atoms with Crippen molar-refractivity contribution < 1.29 is 22.3 Å². The number of rotatable bonds is 3. The third kappa shape index (κ3) is 3.00. The van der Waals surface area contributed by atoms with Gasteiger partial charge in [-0.2, -0.15) is 13.2 Å². The van der Waals surface area contributed by atoms with E-state index in [0.717, 1.165) is 12.1 Å². The van der Waals surface area contributed by atoms with Crippen LogP contribution in [0.15, 0.2) is 23.2 Å². The van der Waals surface area contributed by atoms with Crippen molar-refractivity contribution in [3.63, 3.8) is 0 Å². The molecule has 0 fully saturated rings. The smallest absolute Gasteiger partial charge is 0.419 e. The van der Waals surface area contributed by atoms with Crippen LogP contribution in [-0.4, -0.2) is 19.0 Å². The van der Waals surface area contributed by atoms with Gasteiger partial charge in [-0.3, -0.25) is 4.99 Å². The number of alkyl halides is 3. The van der Waals surface area contributed by atoms with Crippen LogP contribution in [0.1, 0.15) is 17.5 Å². The number of benzene rings is 1. The molecule has 1 aromatic rings. The monoisotopic (exact) mass is 261 g/mol. The minimum absolute atomic E-state index is 0.0237. The number of hydrogen-bond acceptors (Lipinski definition) is 2. The molecule has 1 aromatic carbocycles. The summed E-state index contributed by atoms with van der Waals surface area (Å²) >= 11 is 0. The molecule has 98 valence electrons. The van der Waals surface area contributed by atoms with Gasteiger partial charge in [0.2, 0.25) is 0 Å². The molecule has 0 bridgehead atoms. The summed E-state index contributed by atoms with van der Waals surface area (Å²) in [5, 5.41) is 0. The van der Waals surface area contributed by atoms with Crippen LogP contribution >= 0.6 is 0 Å². The molecular formula is C12H11F4NO. The van der Waals surface area contributed by atoms with Gasteiger partial charge >= 0.3 is 6.18 Å². The third-order valence-corrected chi connectivity index (χ3v) is 2.74. The van der Waals surface area contributed by atoms with Crippen molar-refractivity contribution in [1.29, 1.82) is 0 Å². The van der Waals surface area contributed by atoms with Crippen LogP contribution in [0.25, 0.3) is 0 Å². The second kappa shape index (κ2) is 4.96. The van der Waals surface area contributed by atoms with Gasteiger partial charge in [-0.1, -0.05) is 6.07 Å². The second-order valence-electron chi connectivity index (χ2n) is 4.09. The molecule has 1 aliphatic heterocycles. The van der Waals surface area contributed by atoms with E-state index >= 15 is 0 Å². The Kier molecular flexibility index (Phi) is 3.54. The average molecular weight is 261 g/mol. The SMILES string of the molecule is Fc1ccc(CCC2COC=N2)cc1C(F)(F)F. The average Bonchev–Trinajstić information content (AvgIpc) is 2.79. The van der Waals surface area contributed by atoms with Gasteiger partial charge in [-0.05, 0) is 30.5 Å². The summed E-state index contributed by atoms with van der Waals surface area (Å²) in [5.74, 6) is -1.24. The van der Waals surface area contributed by atoms with Crippen molar-refractivity contribution in [2.75, 3.05) is 6.61 Å². The van der Waals surface area contributed by atoms with Crippen LogP contribution < -0.4 is 0 Å². The van der Waals surface area contributed by atoms with Crippen molar-refractivity contribution >= 4 is 6.40 Å². The fourth-order valence-corrected chi connectivity index (χ4v) is 1.76. The Morgan fingerprint density at radius 1 is 1.33 bits per heavy atom. The topological polar surface area (TPSA) is 21.6 Å². The van der Waals surface area contributed by atoms with E-state index in [0.29, 0.717) is 25.0 Å². The molecular weight excluding hydrogens is 250 g/mol. The molecule has 18 heavy (non-hydrogen) atoms. The van der Waals surface area contributed by atoms with Gasteiger partial charge in [0, 0.05) is 0 Å². The van der Waals surface area contributed by atoms with Crippen molar-refractivity contribution in [2.24, 2.45) is 4.99 Å². The van der Waals surface area contributed by atoms with Crippen LogP contribution in [0.3, 0.4) is 0 Å². The van der Waals surface area contributed by atoms with Crippen LogP contribution in [0.2, 0.25) is 0 Å². The van der Waals surface area contributed by atoms with Gasteiger partial charge in [-0.15, -0.1) is 0 Å². The van der Waals surface area contributed by atoms with Crippen molar-refractivity contribution in [3.05, 3.63) is 35.1 Å². The minimum atomic E-state index is -4.66. The zero-order valence-electron chi connectivity index (χ0n) is 9.38. The summed E-state index contributed by atoms with van der Waals surface area (Å²) in [7, 11) is 0. The maximum absolute atomic E-state index is 13.0. The zero-order chi connectivity index (χ0) is 13.2. The van der Waals surface area contributed by atoms with Crippen LogP contribution in [0.5, 0.6) is 0 Å². The van der Waals surface area contributed by atoms with Crippen LogP contribution in [0.4, 0.5) is 17.6 Å². The Bertz CT molecular complexity index is 456. The second-order valence-corrected chi connectivity index (χ2v) is 4.09. The number of ether oxygens (including phenoxy) is 1. The Morgan fingerprint density at radius 3 is 2.72 bits per heavy atom. The Morgan fingerprint density at radius 2 is 2.11 bits per heavy atom. The first-order chi connectivity index (χ1) is 8.47. The molecule has 0 amide bonds. The lowest BCUT2D eigenvalue weighted by Gasteiger charge is -2.10. The Labute approximate surface area is 101 Å². The fraction of sp³-hybridized carbons (Fsp3) is 0.417. The first kappa shape index (κ1) is 12.9. The minimum Gasteiger partial charge on any atom is -0.481 e. The fourth-order valence-electron chi connectivity index (χ4n) is 1.76. The summed E-state index contributed by atoms with van der Waals surface area (Å²) in [6.07, 6.45) is -2.32. The molecule has 6 heteroatoms. The van der Waals surface area contributed by atoms with Gasteiger partial charge in [0.15, 0.2) is 6.40 Å². The molecule has 1 atom stereocenters. The molecule has 1 heterocycles.